The molecule has 1 unspecified atom stereocenters. The molecular formula is C31H37ClN2O4S. The van der Waals surface area contributed by atoms with E-state index in [0.717, 1.165) is 61.7 Å². The van der Waals surface area contributed by atoms with Crippen LogP contribution in [0.3, 0.4) is 0 Å². The normalized spacial score (nSPS) is 33.5. The van der Waals surface area contributed by atoms with Gasteiger partial charge in [-0.15, -0.1) is 0 Å². The average molecular weight is 569 g/mol. The Morgan fingerprint density at radius 2 is 2.05 bits per heavy atom. The molecule has 1 amide bonds. The van der Waals surface area contributed by atoms with Crippen LogP contribution < -0.4 is 14.4 Å². The Bertz CT molecular complexity index is 1410. The zero-order chi connectivity index (χ0) is 27.2. The summed E-state index contributed by atoms with van der Waals surface area (Å²) < 4.78 is 22.2. The van der Waals surface area contributed by atoms with Crippen LogP contribution >= 0.6 is 11.6 Å². The zero-order valence-corrected chi connectivity index (χ0v) is 23.8. The number of nitrogens with one attached hydrogen (secondary N) is 1. The summed E-state index contributed by atoms with van der Waals surface area (Å²) in [5, 5.41) is 11.8. The number of halogens is 1. The molecule has 2 aliphatic heterocycles. The predicted octanol–water partition coefficient (Wildman–Crippen LogP) is 4.91. The van der Waals surface area contributed by atoms with Gasteiger partial charge in [-0.25, -0.2) is 4.21 Å². The number of carbonyl (C=O) groups is 1. The highest BCUT2D eigenvalue weighted by Crippen LogP contribution is 2.46. The van der Waals surface area contributed by atoms with Crippen LogP contribution in [-0.4, -0.2) is 52.6 Å². The lowest BCUT2D eigenvalue weighted by atomic mass is 9.68. The van der Waals surface area contributed by atoms with Gasteiger partial charge in [-0.3, -0.25) is 9.52 Å². The van der Waals surface area contributed by atoms with E-state index in [0.29, 0.717) is 30.9 Å². The van der Waals surface area contributed by atoms with Crippen molar-refractivity contribution in [3.05, 3.63) is 70.3 Å². The number of benzene rings is 2. The largest absolute Gasteiger partial charge is 0.490 e. The monoisotopic (exact) mass is 568 g/mol. The van der Waals surface area contributed by atoms with E-state index in [9.17, 15) is 14.1 Å². The minimum atomic E-state index is -2.80. The number of allylic oxidation sites excluding steroid dienone is 1. The van der Waals surface area contributed by atoms with Gasteiger partial charge in [0.15, 0.2) is 0 Å². The number of aliphatic hydroxyl groups excluding tert-OH is 1. The molecule has 208 valence electrons. The number of nitrogens with zero attached hydrogens (tertiary/aromatic N) is 1. The maximum absolute atomic E-state index is 13.2. The van der Waals surface area contributed by atoms with E-state index in [4.69, 9.17) is 16.3 Å². The number of hydrogen-bond acceptors (Lipinski definition) is 5. The first-order valence-electron chi connectivity index (χ1n) is 14.0. The van der Waals surface area contributed by atoms with Crippen LogP contribution in [0.4, 0.5) is 5.69 Å². The molecule has 1 saturated carbocycles. The second kappa shape index (κ2) is 10.5. The fraction of sp³-hybridized carbons (Fsp3) is 0.484. The number of fused-ring (bicyclic) bond motifs is 4. The SMILES string of the molecule is C=S1(=O)CC/C=C/C[C@@H](O)[C@@H]2CC[C@H]2CN2C[C@@]3(CCCc4cc(Cl)ccc43)COc3ccc(cc32)C(=O)N1. The van der Waals surface area contributed by atoms with Gasteiger partial charge in [-0.05, 0) is 104 Å². The Morgan fingerprint density at radius 3 is 2.87 bits per heavy atom. The molecule has 0 saturated heterocycles. The molecule has 1 spiro atoms. The second-order valence-electron chi connectivity index (χ2n) is 11.8. The van der Waals surface area contributed by atoms with Gasteiger partial charge in [0.2, 0.25) is 0 Å². The van der Waals surface area contributed by atoms with Crippen LogP contribution in [-0.2, 0) is 21.5 Å². The first-order valence-corrected chi connectivity index (χ1v) is 16.3. The van der Waals surface area contributed by atoms with Gasteiger partial charge in [-0.1, -0.05) is 29.8 Å². The van der Waals surface area contributed by atoms with Gasteiger partial charge in [0, 0.05) is 44.6 Å². The lowest BCUT2D eigenvalue weighted by molar-refractivity contribution is 0.0177. The fourth-order valence-corrected chi connectivity index (χ4v) is 8.20. The molecule has 5 atom stereocenters. The quantitative estimate of drug-likeness (QED) is 0.349. The zero-order valence-electron chi connectivity index (χ0n) is 22.2. The molecule has 2 bridgehead atoms. The number of carbonyl (C=O) groups excluding carboxylic acids is 1. The summed E-state index contributed by atoms with van der Waals surface area (Å²) in [7, 11) is -2.80. The summed E-state index contributed by atoms with van der Waals surface area (Å²) in [6.45, 7) is 2.08. The van der Waals surface area contributed by atoms with Crippen molar-refractivity contribution in [3.8, 4) is 5.75 Å². The third-order valence-electron chi connectivity index (χ3n) is 9.16. The van der Waals surface area contributed by atoms with Crippen molar-refractivity contribution in [3.63, 3.8) is 0 Å². The summed E-state index contributed by atoms with van der Waals surface area (Å²) >= 11 is 6.38. The van der Waals surface area contributed by atoms with E-state index < -0.39 is 15.8 Å². The molecule has 4 aliphatic rings. The third kappa shape index (κ3) is 5.33. The Morgan fingerprint density at radius 1 is 1.18 bits per heavy atom. The van der Waals surface area contributed by atoms with Gasteiger partial charge < -0.3 is 14.7 Å². The number of ether oxygens (including phenoxy) is 1. The molecule has 39 heavy (non-hydrogen) atoms. The number of aryl methyl sites for hydroxylation is 1. The van der Waals surface area contributed by atoms with Crippen LogP contribution in [0.5, 0.6) is 5.75 Å². The minimum Gasteiger partial charge on any atom is -0.490 e. The summed E-state index contributed by atoms with van der Waals surface area (Å²) in [4.78, 5) is 15.6. The van der Waals surface area contributed by atoms with E-state index in [2.05, 4.69) is 27.6 Å². The molecule has 6 rings (SSSR count). The first kappa shape index (κ1) is 26.7. The summed E-state index contributed by atoms with van der Waals surface area (Å²) in [5.74, 6) is 5.00. The Labute approximate surface area is 236 Å². The predicted molar refractivity (Wildman–Crippen MR) is 158 cm³/mol. The minimum absolute atomic E-state index is 0.206. The van der Waals surface area contributed by atoms with E-state index in [1.54, 1.807) is 6.07 Å². The van der Waals surface area contributed by atoms with Gasteiger partial charge >= 0.3 is 0 Å². The van der Waals surface area contributed by atoms with Crippen molar-refractivity contribution in [1.82, 2.24) is 4.72 Å². The van der Waals surface area contributed by atoms with Crippen molar-refractivity contribution >= 4 is 38.8 Å². The molecule has 2 aliphatic carbocycles. The summed E-state index contributed by atoms with van der Waals surface area (Å²) in [6, 6.07) is 11.7. The molecule has 8 heteroatoms. The number of anilines is 1. The first-order chi connectivity index (χ1) is 18.7. The smallest absolute Gasteiger partial charge is 0.262 e. The third-order valence-corrected chi connectivity index (χ3v) is 10.8. The Kier molecular flexibility index (Phi) is 7.19. The summed E-state index contributed by atoms with van der Waals surface area (Å²) in [5.41, 5.74) is 3.69. The lowest BCUT2D eigenvalue weighted by Crippen LogP contribution is -2.49. The number of amides is 1. The molecule has 2 aromatic carbocycles. The number of rotatable bonds is 0. The number of aliphatic hydroxyl groups is 1. The molecule has 0 radical (unpaired) electrons. The van der Waals surface area contributed by atoms with E-state index in [1.165, 1.54) is 11.1 Å². The molecule has 1 fully saturated rings. The molecular weight excluding hydrogens is 532 g/mol. The number of hydrogen-bond donors (Lipinski definition) is 2. The van der Waals surface area contributed by atoms with Crippen molar-refractivity contribution in [2.45, 2.75) is 56.5 Å². The molecule has 2 aromatic rings. The summed E-state index contributed by atoms with van der Waals surface area (Å²) in [6.07, 6.45) is 9.77. The van der Waals surface area contributed by atoms with Crippen LogP contribution in [0, 0.1) is 11.8 Å². The van der Waals surface area contributed by atoms with Crippen LogP contribution in [0.15, 0.2) is 48.6 Å². The van der Waals surface area contributed by atoms with Crippen molar-refractivity contribution in [2.24, 2.45) is 11.8 Å². The second-order valence-corrected chi connectivity index (χ2v) is 14.5. The maximum Gasteiger partial charge on any atom is 0.262 e. The molecule has 2 N–H and O–H groups in total. The van der Waals surface area contributed by atoms with Crippen molar-refractivity contribution in [2.75, 3.05) is 30.3 Å². The highest BCUT2D eigenvalue weighted by atomic mass is 35.5. The average Bonchev–Trinajstić information content (AvgIpc) is 3.02. The van der Waals surface area contributed by atoms with Gasteiger partial charge in [0.1, 0.15) is 5.75 Å². The van der Waals surface area contributed by atoms with Crippen LogP contribution in [0.2, 0.25) is 5.02 Å². The van der Waals surface area contributed by atoms with Gasteiger partial charge in [0.25, 0.3) is 5.91 Å². The Balaban J connectivity index is 1.41. The molecule has 6 nitrogen and oxygen atoms in total. The van der Waals surface area contributed by atoms with Crippen molar-refractivity contribution in [1.29, 1.82) is 0 Å². The van der Waals surface area contributed by atoms with Gasteiger partial charge in [-0.2, -0.15) is 0 Å². The topological polar surface area (TPSA) is 78.9 Å². The highest BCUT2D eigenvalue weighted by molar-refractivity contribution is 7.99. The molecule has 0 aromatic heterocycles. The maximum atomic E-state index is 13.2. The standard InChI is InChI=1S/C31H37ClN2O4S/c1-39(37)15-4-2-3-7-28(35)25-11-8-23(25)18-34-19-31(14-5-6-21-16-24(32)10-12-26(21)31)20-38-29-13-9-22(17-27(29)34)30(36)33-39/h2-3,9-10,12-13,16-17,23,25,28,35H,1,4-8,11,14-15,18-20H2,(H,33,36,37)/b3-2+/t23-,25+,28+,31-,39?/m0/s1. The van der Waals surface area contributed by atoms with E-state index >= 15 is 0 Å². The van der Waals surface area contributed by atoms with Crippen LogP contribution in [0.1, 0.15) is 60.0 Å². The van der Waals surface area contributed by atoms with Crippen molar-refractivity contribution < 1.29 is 18.8 Å². The lowest BCUT2D eigenvalue weighted by Gasteiger charge is -2.45. The highest BCUT2D eigenvalue weighted by Gasteiger charge is 2.44. The molecule has 2 heterocycles. The van der Waals surface area contributed by atoms with Crippen LogP contribution in [0.25, 0.3) is 0 Å². The van der Waals surface area contributed by atoms with E-state index in [-0.39, 0.29) is 23.0 Å². The Hall–Kier alpha value is -2.48. The van der Waals surface area contributed by atoms with Gasteiger partial charge in [0.05, 0.1) is 18.4 Å². The fourth-order valence-electron chi connectivity index (χ4n) is 6.93. The van der Waals surface area contributed by atoms with E-state index in [1.807, 2.05) is 30.4 Å².